The van der Waals surface area contributed by atoms with Gasteiger partial charge in [-0.05, 0) is 43.8 Å². The zero-order valence-electron chi connectivity index (χ0n) is 13.3. The van der Waals surface area contributed by atoms with Gasteiger partial charge in [0.25, 0.3) is 0 Å². The molecule has 0 aliphatic carbocycles. The van der Waals surface area contributed by atoms with Crippen molar-refractivity contribution in [3.8, 4) is 11.5 Å². The Hall–Kier alpha value is -2.07. The second kappa shape index (κ2) is 6.36. The fourth-order valence-corrected chi connectivity index (χ4v) is 2.98. The lowest BCUT2D eigenvalue weighted by Crippen LogP contribution is -2.32. The molecule has 1 aromatic heterocycles. The second-order valence-corrected chi connectivity index (χ2v) is 5.65. The van der Waals surface area contributed by atoms with Crippen LogP contribution >= 0.6 is 0 Å². The third-order valence-electron chi connectivity index (χ3n) is 4.46. The Morgan fingerprint density at radius 3 is 2.77 bits per heavy atom. The minimum atomic E-state index is 0.280. The zero-order chi connectivity index (χ0) is 15.5. The third kappa shape index (κ3) is 2.79. The summed E-state index contributed by atoms with van der Waals surface area (Å²) in [6.45, 7) is 2.96. The molecule has 3 rings (SSSR count). The Morgan fingerprint density at radius 1 is 1.27 bits per heavy atom. The van der Waals surface area contributed by atoms with Crippen LogP contribution in [0.3, 0.4) is 0 Å². The molecule has 2 heterocycles. The first-order valence-corrected chi connectivity index (χ1v) is 7.64. The average Bonchev–Trinajstić information content (AvgIpc) is 2.60. The van der Waals surface area contributed by atoms with Crippen LogP contribution in [0.5, 0.6) is 11.5 Å². The Bertz CT molecular complexity index is 627. The van der Waals surface area contributed by atoms with E-state index in [1.54, 1.807) is 7.11 Å². The number of rotatable bonds is 4. The van der Waals surface area contributed by atoms with Gasteiger partial charge in [-0.3, -0.25) is 9.88 Å². The van der Waals surface area contributed by atoms with Crippen LogP contribution in [0.4, 0.5) is 0 Å². The Labute approximate surface area is 131 Å². The molecule has 1 aromatic carbocycles. The van der Waals surface area contributed by atoms with E-state index >= 15 is 0 Å². The van der Waals surface area contributed by atoms with Gasteiger partial charge in [-0.25, -0.2) is 0 Å². The van der Waals surface area contributed by atoms with E-state index in [4.69, 9.17) is 9.47 Å². The maximum Gasteiger partial charge on any atom is 0.142 e. The molecule has 0 bridgehead atoms. The fourth-order valence-electron chi connectivity index (χ4n) is 2.98. The summed E-state index contributed by atoms with van der Waals surface area (Å²) < 4.78 is 10.9. The van der Waals surface area contributed by atoms with Gasteiger partial charge in [0.1, 0.15) is 11.5 Å². The molecule has 0 amide bonds. The van der Waals surface area contributed by atoms with E-state index in [1.807, 2.05) is 30.5 Å². The van der Waals surface area contributed by atoms with E-state index in [0.717, 1.165) is 30.2 Å². The summed E-state index contributed by atoms with van der Waals surface area (Å²) in [5, 5.41) is 0. The second-order valence-electron chi connectivity index (χ2n) is 5.65. The quantitative estimate of drug-likeness (QED) is 0.863. The summed E-state index contributed by atoms with van der Waals surface area (Å²) in [5.41, 5.74) is 2.31. The maximum atomic E-state index is 5.71. The lowest BCUT2D eigenvalue weighted by atomic mass is 10.00. The SMILES string of the molecule is COc1ccc(C(C)N(C)C2CCOc3cccnc32)cc1. The van der Waals surface area contributed by atoms with Crippen LogP contribution in [0, 0.1) is 0 Å². The van der Waals surface area contributed by atoms with Crippen LogP contribution < -0.4 is 9.47 Å². The monoisotopic (exact) mass is 298 g/mol. The van der Waals surface area contributed by atoms with E-state index in [-0.39, 0.29) is 6.04 Å². The maximum absolute atomic E-state index is 5.71. The van der Waals surface area contributed by atoms with Crippen molar-refractivity contribution in [2.45, 2.75) is 25.4 Å². The molecule has 1 aliphatic heterocycles. The fraction of sp³-hybridized carbons (Fsp3) is 0.389. The first-order valence-electron chi connectivity index (χ1n) is 7.64. The Morgan fingerprint density at radius 2 is 2.05 bits per heavy atom. The Kier molecular flexibility index (Phi) is 4.29. The molecule has 0 radical (unpaired) electrons. The number of benzene rings is 1. The number of ether oxygens (including phenoxy) is 2. The minimum Gasteiger partial charge on any atom is -0.497 e. The van der Waals surface area contributed by atoms with Crippen LogP contribution in [0.1, 0.15) is 36.7 Å². The molecule has 0 fully saturated rings. The molecule has 0 spiro atoms. The van der Waals surface area contributed by atoms with Gasteiger partial charge in [0, 0.05) is 18.7 Å². The van der Waals surface area contributed by atoms with Crippen molar-refractivity contribution in [1.82, 2.24) is 9.88 Å². The summed E-state index contributed by atoms with van der Waals surface area (Å²) in [6, 6.07) is 12.8. The van der Waals surface area contributed by atoms with E-state index in [2.05, 4.69) is 36.0 Å². The summed E-state index contributed by atoms with van der Waals surface area (Å²) in [7, 11) is 3.85. The lowest BCUT2D eigenvalue weighted by Gasteiger charge is -2.36. The number of pyridine rings is 1. The smallest absolute Gasteiger partial charge is 0.142 e. The number of hydrogen-bond acceptors (Lipinski definition) is 4. The van der Waals surface area contributed by atoms with Crippen LogP contribution in [-0.4, -0.2) is 30.6 Å². The highest BCUT2D eigenvalue weighted by molar-refractivity contribution is 5.33. The van der Waals surface area contributed by atoms with E-state index < -0.39 is 0 Å². The van der Waals surface area contributed by atoms with Crippen LogP contribution in [0.25, 0.3) is 0 Å². The number of nitrogens with zero attached hydrogens (tertiary/aromatic N) is 2. The molecule has 2 unspecified atom stereocenters. The molecular weight excluding hydrogens is 276 g/mol. The van der Waals surface area contributed by atoms with Crippen molar-refractivity contribution in [2.75, 3.05) is 20.8 Å². The number of methoxy groups -OCH3 is 1. The Balaban J connectivity index is 1.82. The number of aromatic nitrogens is 1. The van der Waals surface area contributed by atoms with Crippen molar-refractivity contribution in [3.05, 3.63) is 53.9 Å². The number of hydrogen-bond donors (Lipinski definition) is 0. The van der Waals surface area contributed by atoms with Crippen molar-refractivity contribution in [1.29, 1.82) is 0 Å². The summed E-state index contributed by atoms with van der Waals surface area (Å²) in [6.07, 6.45) is 2.80. The molecular formula is C18H22N2O2. The van der Waals surface area contributed by atoms with Gasteiger partial charge in [-0.1, -0.05) is 12.1 Å². The largest absolute Gasteiger partial charge is 0.497 e. The highest BCUT2D eigenvalue weighted by atomic mass is 16.5. The summed E-state index contributed by atoms with van der Waals surface area (Å²) in [4.78, 5) is 6.91. The molecule has 0 saturated heterocycles. The molecule has 0 saturated carbocycles. The highest BCUT2D eigenvalue weighted by Gasteiger charge is 2.29. The molecule has 0 N–H and O–H groups in total. The van der Waals surface area contributed by atoms with Crippen molar-refractivity contribution < 1.29 is 9.47 Å². The van der Waals surface area contributed by atoms with Gasteiger partial charge < -0.3 is 9.47 Å². The molecule has 116 valence electrons. The van der Waals surface area contributed by atoms with Crippen LogP contribution in [-0.2, 0) is 0 Å². The third-order valence-corrected chi connectivity index (χ3v) is 4.46. The van der Waals surface area contributed by atoms with Crippen molar-refractivity contribution in [2.24, 2.45) is 0 Å². The van der Waals surface area contributed by atoms with Gasteiger partial charge >= 0.3 is 0 Å². The topological polar surface area (TPSA) is 34.6 Å². The summed E-state index contributed by atoms with van der Waals surface area (Å²) in [5.74, 6) is 1.80. The van der Waals surface area contributed by atoms with E-state index in [9.17, 15) is 0 Å². The minimum absolute atomic E-state index is 0.280. The van der Waals surface area contributed by atoms with Crippen LogP contribution in [0.2, 0.25) is 0 Å². The molecule has 1 aliphatic rings. The lowest BCUT2D eigenvalue weighted by molar-refractivity contribution is 0.128. The summed E-state index contributed by atoms with van der Waals surface area (Å²) >= 11 is 0. The average molecular weight is 298 g/mol. The normalized spacial score (nSPS) is 18.5. The first kappa shape index (κ1) is 14.9. The number of fused-ring (bicyclic) bond motifs is 1. The standard InChI is InChI=1S/C18H22N2O2/c1-13(14-6-8-15(21-3)9-7-14)20(2)16-10-12-22-17-5-4-11-19-18(16)17/h4-9,11,13,16H,10,12H2,1-3H3. The zero-order valence-corrected chi connectivity index (χ0v) is 13.3. The van der Waals surface area contributed by atoms with Crippen LogP contribution in [0.15, 0.2) is 42.6 Å². The molecule has 4 nitrogen and oxygen atoms in total. The van der Waals surface area contributed by atoms with Gasteiger partial charge in [-0.15, -0.1) is 0 Å². The van der Waals surface area contributed by atoms with E-state index in [1.165, 1.54) is 5.56 Å². The molecule has 4 heteroatoms. The molecule has 2 atom stereocenters. The highest BCUT2D eigenvalue weighted by Crippen LogP contribution is 2.37. The van der Waals surface area contributed by atoms with Gasteiger partial charge in [0.2, 0.25) is 0 Å². The molecule has 22 heavy (non-hydrogen) atoms. The van der Waals surface area contributed by atoms with Crippen molar-refractivity contribution in [3.63, 3.8) is 0 Å². The predicted molar refractivity (Wildman–Crippen MR) is 86.3 cm³/mol. The van der Waals surface area contributed by atoms with Gasteiger partial charge in [0.05, 0.1) is 25.5 Å². The predicted octanol–water partition coefficient (Wildman–Crippen LogP) is 3.61. The van der Waals surface area contributed by atoms with Crippen molar-refractivity contribution >= 4 is 0 Å². The van der Waals surface area contributed by atoms with E-state index in [0.29, 0.717) is 6.04 Å². The van der Waals surface area contributed by atoms with Gasteiger partial charge in [-0.2, -0.15) is 0 Å². The van der Waals surface area contributed by atoms with Gasteiger partial charge in [0.15, 0.2) is 0 Å². The molecule has 2 aromatic rings. The first-order chi connectivity index (χ1) is 10.7.